The number of pyridine rings is 4. The second kappa shape index (κ2) is 49.2. The van der Waals surface area contributed by atoms with E-state index in [9.17, 15) is 19.2 Å². The minimum Gasteiger partial charge on any atom is -1.00 e. The van der Waals surface area contributed by atoms with Crippen LogP contribution in [0.1, 0.15) is 119 Å². The molecular weight excluding hydrogens is 2000 g/mol. The summed E-state index contributed by atoms with van der Waals surface area (Å²) in [6.07, 6.45) is 15.2. The molecule has 140 heavy (non-hydrogen) atoms. The number of hydrogen-bond donors (Lipinski definition) is 1. The second-order valence-electron chi connectivity index (χ2n) is 33.4. The molecule has 720 valence electrons. The predicted molar refractivity (Wildman–Crippen MR) is 554 cm³/mol. The fourth-order valence-electron chi connectivity index (χ4n) is 17.4. The van der Waals surface area contributed by atoms with Gasteiger partial charge in [0.1, 0.15) is 41.3 Å². The fourth-order valence-corrected chi connectivity index (χ4v) is 26.8. The number of fused-ring (bicyclic) bond motifs is 6. The van der Waals surface area contributed by atoms with Gasteiger partial charge in [0.2, 0.25) is 0 Å². The maximum atomic E-state index is 12.9. The second-order valence-corrected chi connectivity index (χ2v) is 43.2. The van der Waals surface area contributed by atoms with E-state index in [0.717, 1.165) is 151 Å². The number of aromatic nitrogens is 8. The Hall–Kier alpha value is -11.6. The number of Topliss-reactive ketones (excluding diaryl/α,β-unsaturated/α-hetero) is 1. The molecule has 31 heteroatoms. The average molecular weight is 2110 g/mol. The highest BCUT2D eigenvalue weighted by Crippen LogP contribution is 2.49. The summed E-state index contributed by atoms with van der Waals surface area (Å²) in [7, 11) is -5.07. The van der Waals surface area contributed by atoms with Crippen molar-refractivity contribution in [3.05, 3.63) is 267 Å². The molecule has 0 saturated carbocycles. The van der Waals surface area contributed by atoms with E-state index in [4.69, 9.17) is 56.4 Å². The largest absolute Gasteiger partial charge is 1.00 e. The molecule has 0 atom stereocenters. The standard InChI is InChI=1S/C53H53N4O5S2Si.C47H34N5O5S2.C9H23NO3Si.2BrH/c1-4-59-65(60-5-2,61-6-3)34-14-12-20-44(58)19-11-13-31-57-32-29-39(30-33-57)50-49(47-27-25-45(63-47)42-23-21-37-15-7-9-17-40(37)35-42)52-53(56-62-55-52)51(54-50)48-28-26-46(64-48)43-24-22-38-16-8-10-18-41(38)36-43;53-40-20-21-41(54)52(40)56-42(55)11-5-6-24-51-25-22-31(23-26-51)44-43(38-18-16-36(58-38)34-14-12-29-7-1-3-9-32(29)27-34)46-47(50-57-49-46)45(48-44)39-19-17-37(59-39)35-15-13-30-8-2-4-10-33(30)28-35;1-4-11-14(12-5-2,13-6-3)9-7-8-10;;/h7-10,15-18,21-30,32-33,35-36H,4-6,11-14,19-20,31,34H2,1-3H3;1-4,7-10,12-19,22-23,25-28H,5-6,11,20-21,24H2;4-10H2,1-3H3;2*1H/q2*+1;;;/p-2. The number of unbranched alkanes of at least 4 members (excludes halogenated alkanes) is 3. The number of carbonyl (C=O) groups is 4. The van der Waals surface area contributed by atoms with Crippen molar-refractivity contribution in [2.45, 2.75) is 144 Å². The molecule has 0 bridgehead atoms. The first-order chi connectivity index (χ1) is 67.6. The van der Waals surface area contributed by atoms with E-state index >= 15 is 0 Å². The van der Waals surface area contributed by atoms with Crippen molar-refractivity contribution in [3.8, 4) is 106 Å². The lowest BCUT2D eigenvalue weighted by atomic mass is 10.0. The Kier molecular flexibility index (Phi) is 36.1. The van der Waals surface area contributed by atoms with E-state index in [2.05, 4.69) is 273 Å². The van der Waals surface area contributed by atoms with E-state index in [0.29, 0.717) is 117 Å². The van der Waals surface area contributed by atoms with Crippen molar-refractivity contribution >= 4 is 152 Å². The van der Waals surface area contributed by atoms with Crippen molar-refractivity contribution < 1.29 is 103 Å². The number of hydroxylamine groups is 2. The van der Waals surface area contributed by atoms with Crippen LogP contribution in [0.3, 0.4) is 0 Å². The van der Waals surface area contributed by atoms with Gasteiger partial charge in [0.05, 0.1) is 21.1 Å². The van der Waals surface area contributed by atoms with Crippen molar-refractivity contribution in [2.24, 2.45) is 5.73 Å². The number of ketones is 1. The Morgan fingerprint density at radius 2 is 0.657 bits per heavy atom. The monoisotopic (exact) mass is 2110 g/mol. The molecule has 0 spiro atoms. The van der Waals surface area contributed by atoms with Crippen LogP contribution in [0.4, 0.5) is 0 Å². The molecule has 0 unspecified atom stereocenters. The molecule has 11 heterocycles. The molecule has 0 aliphatic carbocycles. The number of amides is 2. The minimum atomic E-state index is -2.68. The minimum absolute atomic E-state index is 0. The Bertz CT molecular complexity index is 7250. The van der Waals surface area contributed by atoms with Crippen molar-refractivity contribution in [2.75, 3.05) is 46.2 Å². The number of thiophene rings is 4. The number of nitrogens with zero attached hydrogens (tertiary/aromatic N) is 9. The van der Waals surface area contributed by atoms with E-state index < -0.39 is 35.4 Å². The highest BCUT2D eigenvalue weighted by Gasteiger charge is 2.41. The zero-order valence-corrected chi connectivity index (χ0v) is 87.4. The molecule has 8 aromatic carbocycles. The van der Waals surface area contributed by atoms with E-state index in [-0.39, 0.29) is 53.2 Å². The first kappa shape index (κ1) is 103. The van der Waals surface area contributed by atoms with Crippen LogP contribution >= 0.6 is 45.3 Å². The predicted octanol–water partition coefficient (Wildman–Crippen LogP) is 19.5. The number of benzene rings is 8. The number of halogens is 2. The lowest BCUT2D eigenvalue weighted by Gasteiger charge is -2.28. The summed E-state index contributed by atoms with van der Waals surface area (Å²) in [5.41, 5.74) is 19.2. The summed E-state index contributed by atoms with van der Waals surface area (Å²) < 4.78 is 50.2. The maximum Gasteiger partial charge on any atom is 0.500 e. The highest BCUT2D eigenvalue weighted by molar-refractivity contribution is 7.20. The SMILES string of the molecule is CCO[Si](CCCCC(=O)CCCC[n+]1ccc(-c2nc(-c3ccc(-c4ccc5ccccc5c4)s3)c3nonc3c2-c2ccc(-c3ccc4ccccc4c3)s2)cc1)(OCC)OCC.CCO[Si](CCCN)(OCC)OCC.O=C(CCCC[n+]1ccc(-c2nc(-c3ccc(-c4ccc5ccccc5c4)s3)c3nonc3c2-c2ccc(-c3ccc4ccccc4c3)s2)cc1)ON1C(=O)CCC1=O.[Br-].[Br-]. The van der Waals surface area contributed by atoms with Gasteiger partial charge in [0.25, 0.3) is 11.8 Å². The fraction of sp³-hybridized carbons (Fsp3) is 0.266. The summed E-state index contributed by atoms with van der Waals surface area (Å²) in [6.45, 7) is 17.5. The molecule has 1 fully saturated rings. The average Bonchev–Trinajstić information content (AvgIpc) is 1.57. The number of carbonyl (C=O) groups excluding carboxylic acids is 4. The summed E-state index contributed by atoms with van der Waals surface area (Å²) in [5.74, 6) is -1.24. The lowest BCUT2D eigenvalue weighted by Crippen LogP contribution is -3.00. The summed E-state index contributed by atoms with van der Waals surface area (Å²) in [6, 6.07) is 86.9. The lowest BCUT2D eigenvalue weighted by molar-refractivity contribution is -0.697. The van der Waals surface area contributed by atoms with Gasteiger partial charge in [0.15, 0.2) is 35.8 Å². The van der Waals surface area contributed by atoms with Gasteiger partial charge in [-0.05, 0) is 239 Å². The third kappa shape index (κ3) is 24.6. The topological polar surface area (TPSA) is 274 Å². The molecule has 18 aromatic rings. The van der Waals surface area contributed by atoms with Crippen LogP contribution in [0.15, 0.2) is 277 Å². The van der Waals surface area contributed by atoms with Crippen molar-refractivity contribution in [1.82, 2.24) is 35.7 Å². The van der Waals surface area contributed by atoms with Crippen LogP contribution in [0.5, 0.6) is 0 Å². The zero-order chi connectivity index (χ0) is 95.3. The summed E-state index contributed by atoms with van der Waals surface area (Å²) >= 11 is 6.74. The van der Waals surface area contributed by atoms with Gasteiger partial charge in [-0.3, -0.25) is 14.4 Å². The normalized spacial score (nSPS) is 12.2. The Labute approximate surface area is 852 Å². The van der Waals surface area contributed by atoms with E-state index in [1.807, 2.05) is 66.1 Å². The third-order valence-electron chi connectivity index (χ3n) is 24.1. The van der Waals surface area contributed by atoms with Crippen LogP contribution in [0.25, 0.3) is 171 Å². The maximum absolute atomic E-state index is 12.9. The van der Waals surface area contributed by atoms with Crippen LogP contribution in [0.2, 0.25) is 12.1 Å². The molecular formula is C109H110Br2N10O13S4Si2. The van der Waals surface area contributed by atoms with Gasteiger partial charge < -0.3 is 71.1 Å². The molecule has 1 aliphatic rings. The number of imide groups is 1. The molecule has 10 aromatic heterocycles. The summed E-state index contributed by atoms with van der Waals surface area (Å²) in [5, 5.41) is 28.2. The number of aryl methyl sites for hydroxylation is 2. The number of rotatable bonds is 41. The van der Waals surface area contributed by atoms with Gasteiger partial charge in [-0.25, -0.2) is 33.2 Å². The van der Waals surface area contributed by atoms with Crippen LogP contribution in [-0.2, 0) is 63.7 Å². The van der Waals surface area contributed by atoms with Gasteiger partial charge in [-0.2, -0.15) is 0 Å². The van der Waals surface area contributed by atoms with Crippen molar-refractivity contribution in [3.63, 3.8) is 0 Å². The molecule has 1 aliphatic heterocycles. The van der Waals surface area contributed by atoms with Gasteiger partial charge in [-0.15, -0.1) is 50.4 Å². The molecule has 0 radical (unpaired) electrons. The molecule has 2 N–H and O–H groups in total. The molecule has 1 saturated heterocycles. The Morgan fingerprint density at radius 1 is 0.350 bits per heavy atom. The molecule has 2 amide bonds. The first-order valence-corrected chi connectivity index (χ1v) is 54.6. The third-order valence-corrected chi connectivity index (χ3v) is 35.0. The molecule has 23 nitrogen and oxygen atoms in total. The van der Waals surface area contributed by atoms with Crippen LogP contribution < -0.4 is 48.8 Å². The summed E-state index contributed by atoms with van der Waals surface area (Å²) in [4.78, 5) is 73.2. The van der Waals surface area contributed by atoms with E-state index in [1.165, 1.54) is 43.1 Å². The zero-order valence-electron chi connectivity index (χ0n) is 79.0. The Morgan fingerprint density at radius 3 is 1.01 bits per heavy atom. The van der Waals surface area contributed by atoms with Crippen LogP contribution in [0, 0.1) is 0 Å². The Balaban J connectivity index is 0.000000184. The highest BCUT2D eigenvalue weighted by atomic mass is 79.9. The number of nitrogens with two attached hydrogens (primary N) is 1. The van der Waals surface area contributed by atoms with Gasteiger partial charge in [0, 0.05) is 172 Å². The number of hydrogen-bond acceptors (Lipinski definition) is 24. The first-order valence-electron chi connectivity index (χ1n) is 47.4. The van der Waals surface area contributed by atoms with Crippen molar-refractivity contribution in [1.29, 1.82) is 0 Å². The van der Waals surface area contributed by atoms with Crippen LogP contribution in [-0.4, -0.2) is 123 Å². The van der Waals surface area contributed by atoms with E-state index in [1.54, 1.807) is 45.3 Å². The smallest absolute Gasteiger partial charge is 0.500 e. The van der Waals surface area contributed by atoms with Gasteiger partial charge >= 0.3 is 23.6 Å². The van der Waals surface area contributed by atoms with Gasteiger partial charge in [-0.1, -0.05) is 146 Å². The quantitative estimate of drug-likeness (QED) is 0.0161. The molecule has 19 rings (SSSR count).